The summed E-state index contributed by atoms with van der Waals surface area (Å²) in [5.74, 6) is 2.58. The van der Waals surface area contributed by atoms with E-state index in [-0.39, 0.29) is 0 Å². The minimum absolute atomic E-state index is 0.344. The maximum absolute atomic E-state index is 6.21. The van der Waals surface area contributed by atoms with Gasteiger partial charge in [-0.2, -0.15) is 5.10 Å². The molecule has 0 bridgehead atoms. The summed E-state index contributed by atoms with van der Waals surface area (Å²) in [7, 11) is 3.65. The highest BCUT2D eigenvalue weighted by Crippen LogP contribution is 2.30. The molecule has 2 heterocycles. The van der Waals surface area contributed by atoms with Crippen LogP contribution < -0.4 is 4.74 Å². The number of rotatable bonds is 12. The Bertz CT molecular complexity index is 1140. The van der Waals surface area contributed by atoms with Crippen LogP contribution in [0.4, 0.5) is 0 Å². The molecule has 0 spiro atoms. The molecule has 0 aliphatic carbocycles. The van der Waals surface area contributed by atoms with Crippen molar-refractivity contribution in [2.24, 2.45) is 7.05 Å². The van der Waals surface area contributed by atoms with E-state index in [9.17, 15) is 0 Å². The highest BCUT2D eigenvalue weighted by atomic mass is 32.2. The van der Waals surface area contributed by atoms with E-state index in [1.807, 2.05) is 54.3 Å². The van der Waals surface area contributed by atoms with Crippen LogP contribution in [0.25, 0.3) is 11.1 Å². The van der Waals surface area contributed by atoms with Crippen molar-refractivity contribution in [2.45, 2.75) is 31.1 Å². The van der Waals surface area contributed by atoms with Gasteiger partial charge >= 0.3 is 0 Å². The molecule has 2 aromatic carbocycles. The van der Waals surface area contributed by atoms with E-state index in [2.05, 4.69) is 44.3 Å². The van der Waals surface area contributed by atoms with Gasteiger partial charge in [-0.3, -0.25) is 4.68 Å². The molecule has 0 amide bonds. The molecule has 0 aliphatic rings. The third-order valence-corrected chi connectivity index (χ3v) is 6.29. The Hall–Kier alpha value is -3.10. The van der Waals surface area contributed by atoms with Crippen molar-refractivity contribution in [3.63, 3.8) is 0 Å². The van der Waals surface area contributed by atoms with Crippen LogP contribution in [0.15, 0.2) is 72.1 Å². The minimum atomic E-state index is 0.344. The zero-order valence-electron chi connectivity index (χ0n) is 19.1. The number of methoxy groups -OCH3 is 1. The Kier molecular flexibility index (Phi) is 8.16. The molecule has 33 heavy (non-hydrogen) atoms. The van der Waals surface area contributed by atoms with Gasteiger partial charge in [-0.1, -0.05) is 60.3 Å². The van der Waals surface area contributed by atoms with Crippen LogP contribution in [-0.4, -0.2) is 44.0 Å². The van der Waals surface area contributed by atoms with Crippen molar-refractivity contribution in [1.82, 2.24) is 24.5 Å². The lowest BCUT2D eigenvalue weighted by atomic mass is 10.1. The number of ether oxygens (including phenoxy) is 2. The molecular weight excluding hydrogens is 434 g/mol. The second kappa shape index (κ2) is 11.7. The van der Waals surface area contributed by atoms with Gasteiger partial charge in [0.2, 0.25) is 0 Å². The molecule has 0 aliphatic heterocycles. The standard InChI is InChI=1S/C25H29N5O2S/c1-29-18-20(17-26-29)9-8-16-33-25-28-27-24(30(25)14-15-31-2)19-32-23-13-7-6-12-22(23)21-10-4-3-5-11-21/h3-7,10-13,17-18H,8-9,14-16,19H2,1-2H3. The Labute approximate surface area is 198 Å². The van der Waals surface area contributed by atoms with Gasteiger partial charge in [-0.25, -0.2) is 0 Å². The molecule has 7 nitrogen and oxygen atoms in total. The fourth-order valence-electron chi connectivity index (χ4n) is 3.57. The second-order valence-electron chi connectivity index (χ2n) is 7.67. The maximum Gasteiger partial charge on any atom is 0.191 e. The van der Waals surface area contributed by atoms with E-state index in [1.165, 1.54) is 5.56 Å². The van der Waals surface area contributed by atoms with Crippen LogP contribution in [0.1, 0.15) is 17.8 Å². The number of thioether (sulfide) groups is 1. The number of hydrogen-bond donors (Lipinski definition) is 0. The second-order valence-corrected chi connectivity index (χ2v) is 8.73. The molecule has 0 N–H and O–H groups in total. The molecule has 8 heteroatoms. The third kappa shape index (κ3) is 6.24. The largest absolute Gasteiger partial charge is 0.485 e. The van der Waals surface area contributed by atoms with Gasteiger partial charge in [-0.05, 0) is 30.0 Å². The topological polar surface area (TPSA) is 67.0 Å². The summed E-state index contributed by atoms with van der Waals surface area (Å²) in [5, 5.41) is 14.0. The highest BCUT2D eigenvalue weighted by molar-refractivity contribution is 7.99. The Morgan fingerprint density at radius 3 is 2.61 bits per heavy atom. The molecule has 2 aromatic heterocycles. The normalized spacial score (nSPS) is 11.1. The number of nitrogens with zero attached hydrogens (tertiary/aromatic N) is 5. The summed E-state index contributed by atoms with van der Waals surface area (Å²) in [5.41, 5.74) is 3.44. The van der Waals surface area contributed by atoms with Crippen LogP contribution in [0, 0.1) is 0 Å². The van der Waals surface area contributed by atoms with Gasteiger partial charge < -0.3 is 14.0 Å². The molecule has 0 saturated carbocycles. The van der Waals surface area contributed by atoms with Gasteiger partial charge in [0.1, 0.15) is 12.4 Å². The van der Waals surface area contributed by atoms with E-state index in [4.69, 9.17) is 9.47 Å². The van der Waals surface area contributed by atoms with Crippen LogP contribution in [-0.2, 0) is 31.4 Å². The van der Waals surface area contributed by atoms with Crippen molar-refractivity contribution >= 4 is 11.8 Å². The summed E-state index contributed by atoms with van der Waals surface area (Å²) < 4.78 is 15.5. The van der Waals surface area contributed by atoms with E-state index in [0.29, 0.717) is 19.8 Å². The molecule has 4 rings (SSSR count). The Morgan fingerprint density at radius 1 is 1.00 bits per heavy atom. The molecule has 0 fully saturated rings. The van der Waals surface area contributed by atoms with Crippen molar-refractivity contribution < 1.29 is 9.47 Å². The minimum Gasteiger partial charge on any atom is -0.485 e. The zero-order chi connectivity index (χ0) is 22.9. The predicted octanol–water partition coefficient (Wildman–Crippen LogP) is 4.63. The van der Waals surface area contributed by atoms with Crippen molar-refractivity contribution in [2.75, 3.05) is 19.5 Å². The smallest absolute Gasteiger partial charge is 0.191 e. The van der Waals surface area contributed by atoms with Gasteiger partial charge in [0.15, 0.2) is 11.0 Å². The van der Waals surface area contributed by atoms with Crippen molar-refractivity contribution in [3.05, 3.63) is 78.4 Å². The van der Waals surface area contributed by atoms with Crippen LogP contribution in [0.3, 0.4) is 0 Å². The van der Waals surface area contributed by atoms with E-state index >= 15 is 0 Å². The van der Waals surface area contributed by atoms with Crippen molar-refractivity contribution in [1.29, 1.82) is 0 Å². The summed E-state index contributed by atoms with van der Waals surface area (Å²) in [6.07, 6.45) is 6.03. The fourth-order valence-corrected chi connectivity index (χ4v) is 4.49. The summed E-state index contributed by atoms with van der Waals surface area (Å²) in [6, 6.07) is 18.3. The molecule has 0 radical (unpaired) electrons. The van der Waals surface area contributed by atoms with Crippen molar-refractivity contribution in [3.8, 4) is 16.9 Å². The quantitative estimate of drug-likeness (QED) is 0.225. The average molecular weight is 464 g/mol. The number of hydrogen-bond acceptors (Lipinski definition) is 6. The Balaban J connectivity index is 1.41. The van der Waals surface area contributed by atoms with Crippen LogP contribution >= 0.6 is 11.8 Å². The predicted molar refractivity (Wildman–Crippen MR) is 130 cm³/mol. The lowest BCUT2D eigenvalue weighted by molar-refractivity contribution is 0.181. The lowest BCUT2D eigenvalue weighted by Gasteiger charge is -2.13. The fraction of sp³-hybridized carbons (Fsp3) is 0.320. The maximum atomic E-state index is 6.21. The summed E-state index contributed by atoms with van der Waals surface area (Å²) >= 11 is 1.72. The molecule has 4 aromatic rings. The number of benzene rings is 2. The highest BCUT2D eigenvalue weighted by Gasteiger charge is 2.14. The Morgan fingerprint density at radius 2 is 1.82 bits per heavy atom. The van der Waals surface area contributed by atoms with Crippen LogP contribution in [0.5, 0.6) is 5.75 Å². The first-order chi connectivity index (χ1) is 16.2. The number of para-hydroxylation sites is 1. The lowest BCUT2D eigenvalue weighted by Crippen LogP contribution is -2.12. The monoisotopic (exact) mass is 463 g/mol. The third-order valence-electron chi connectivity index (χ3n) is 5.24. The average Bonchev–Trinajstić information content (AvgIpc) is 3.45. The molecule has 0 saturated heterocycles. The van der Waals surface area contributed by atoms with Gasteiger partial charge in [0.05, 0.1) is 12.8 Å². The summed E-state index contributed by atoms with van der Waals surface area (Å²) in [6.45, 7) is 1.62. The van der Waals surface area contributed by atoms with Gasteiger partial charge in [-0.15, -0.1) is 10.2 Å². The SMILES string of the molecule is COCCn1c(COc2ccccc2-c2ccccc2)nnc1SCCCc1cnn(C)c1. The number of aromatic nitrogens is 5. The van der Waals surface area contributed by atoms with Crippen LogP contribution in [0.2, 0.25) is 0 Å². The molecule has 0 atom stereocenters. The van der Waals surface area contributed by atoms with E-state index in [1.54, 1.807) is 18.9 Å². The first kappa shape index (κ1) is 23.1. The number of aryl methyl sites for hydroxylation is 2. The first-order valence-corrected chi connectivity index (χ1v) is 12.0. The first-order valence-electron chi connectivity index (χ1n) is 11.0. The zero-order valence-corrected chi connectivity index (χ0v) is 19.9. The van der Waals surface area contributed by atoms with E-state index < -0.39 is 0 Å². The molecule has 172 valence electrons. The van der Waals surface area contributed by atoms with E-state index in [0.717, 1.165) is 46.5 Å². The summed E-state index contributed by atoms with van der Waals surface area (Å²) in [4.78, 5) is 0. The van der Waals surface area contributed by atoms with Gasteiger partial charge in [0.25, 0.3) is 0 Å². The van der Waals surface area contributed by atoms with Gasteiger partial charge in [0, 0.05) is 38.2 Å². The molecule has 0 unspecified atom stereocenters. The molecular formula is C25H29N5O2S.